The maximum Gasteiger partial charge on any atom is 0.222 e. The Hall–Kier alpha value is -1.10. The molecule has 5 nitrogen and oxygen atoms in total. The number of hydrogen-bond donors (Lipinski definition) is 2. The van der Waals surface area contributed by atoms with Gasteiger partial charge in [-0.2, -0.15) is 0 Å². The Labute approximate surface area is 142 Å². The molecule has 0 saturated heterocycles. The molecule has 0 saturated carbocycles. The zero-order chi connectivity index (χ0) is 18.7. The molecule has 0 aromatic carbocycles. The first-order valence-electron chi connectivity index (χ1n) is 8.66. The Bertz CT molecular complexity index is 350. The van der Waals surface area contributed by atoms with Crippen LogP contribution in [0.5, 0.6) is 0 Å². The van der Waals surface area contributed by atoms with Gasteiger partial charge in [0.2, 0.25) is 11.8 Å². The third kappa shape index (κ3) is 14.2. The number of carbonyl (C=O) groups excluding carboxylic acids is 2. The lowest BCUT2D eigenvalue weighted by molar-refractivity contribution is -0.124. The van der Waals surface area contributed by atoms with Gasteiger partial charge in [0.25, 0.3) is 0 Å². The van der Waals surface area contributed by atoms with Crippen molar-refractivity contribution in [1.29, 1.82) is 0 Å². The largest absolute Gasteiger partial charge is 0.375 e. The third-order valence-electron chi connectivity index (χ3n) is 3.28. The molecule has 0 spiro atoms. The van der Waals surface area contributed by atoms with Crippen molar-refractivity contribution >= 4 is 11.8 Å². The van der Waals surface area contributed by atoms with E-state index < -0.39 is 0 Å². The molecule has 2 N–H and O–H groups in total. The molecule has 0 aliphatic heterocycles. The van der Waals surface area contributed by atoms with E-state index in [0.717, 1.165) is 12.8 Å². The average Bonchev–Trinajstić information content (AvgIpc) is 2.38. The first kappa shape index (κ1) is 24.2. The Balaban J connectivity index is 0. The summed E-state index contributed by atoms with van der Waals surface area (Å²) >= 11 is 0. The molecule has 0 aromatic heterocycles. The summed E-state index contributed by atoms with van der Waals surface area (Å²) in [6.45, 7) is 18.4. The van der Waals surface area contributed by atoms with Crippen molar-refractivity contribution in [2.24, 2.45) is 5.92 Å². The van der Waals surface area contributed by atoms with Crippen molar-refractivity contribution < 1.29 is 14.3 Å². The molecule has 2 amide bonds. The molecule has 0 unspecified atom stereocenters. The van der Waals surface area contributed by atoms with E-state index in [4.69, 9.17) is 4.74 Å². The maximum atomic E-state index is 11.5. The summed E-state index contributed by atoms with van der Waals surface area (Å²) in [7, 11) is 0. The zero-order valence-corrected chi connectivity index (χ0v) is 16.6. The summed E-state index contributed by atoms with van der Waals surface area (Å²) in [5.74, 6) is 0.0423. The second-order valence-corrected chi connectivity index (χ2v) is 7.12. The molecular weight excluding hydrogens is 292 g/mol. The Morgan fingerprint density at radius 2 is 1.57 bits per heavy atom. The second-order valence-electron chi connectivity index (χ2n) is 7.12. The van der Waals surface area contributed by atoms with Gasteiger partial charge in [0, 0.05) is 31.5 Å². The van der Waals surface area contributed by atoms with Crippen LogP contribution in [0, 0.1) is 5.92 Å². The molecule has 5 heteroatoms. The van der Waals surface area contributed by atoms with Gasteiger partial charge < -0.3 is 15.4 Å². The monoisotopic (exact) mass is 330 g/mol. The highest BCUT2D eigenvalue weighted by molar-refractivity contribution is 5.77. The average molecular weight is 331 g/mol. The number of carbonyl (C=O) groups is 2. The Morgan fingerprint density at radius 1 is 1.04 bits per heavy atom. The van der Waals surface area contributed by atoms with Crippen LogP contribution in [-0.2, 0) is 14.3 Å². The lowest BCUT2D eigenvalue weighted by Crippen LogP contribution is -2.43. The van der Waals surface area contributed by atoms with Crippen molar-refractivity contribution in [1.82, 2.24) is 10.6 Å². The van der Waals surface area contributed by atoms with Crippen LogP contribution >= 0.6 is 0 Å². The van der Waals surface area contributed by atoms with Gasteiger partial charge in [-0.1, -0.05) is 27.7 Å². The SMILES string of the molecule is CC.CC(=O)NC(C)(C)CCOC(C)(C)CCNC(=O)C(C)C. The van der Waals surface area contributed by atoms with Crippen LogP contribution in [0.1, 0.15) is 75.2 Å². The lowest BCUT2D eigenvalue weighted by atomic mass is 10.0. The number of ether oxygens (including phenoxy) is 1. The number of amides is 2. The van der Waals surface area contributed by atoms with Crippen molar-refractivity contribution in [3.63, 3.8) is 0 Å². The second kappa shape index (κ2) is 11.4. The van der Waals surface area contributed by atoms with Crippen molar-refractivity contribution in [2.75, 3.05) is 13.2 Å². The van der Waals surface area contributed by atoms with Gasteiger partial charge in [0.05, 0.1) is 5.60 Å². The van der Waals surface area contributed by atoms with E-state index in [9.17, 15) is 9.59 Å². The molecule has 0 atom stereocenters. The summed E-state index contributed by atoms with van der Waals surface area (Å²) in [6.07, 6.45) is 1.50. The molecule has 23 heavy (non-hydrogen) atoms. The van der Waals surface area contributed by atoms with Crippen LogP contribution in [0.15, 0.2) is 0 Å². The fraction of sp³-hybridized carbons (Fsp3) is 0.889. The van der Waals surface area contributed by atoms with Crippen LogP contribution < -0.4 is 10.6 Å². The minimum absolute atomic E-state index is 0.00693. The zero-order valence-electron chi connectivity index (χ0n) is 16.6. The quantitative estimate of drug-likeness (QED) is 0.682. The van der Waals surface area contributed by atoms with Crippen LogP contribution in [-0.4, -0.2) is 36.1 Å². The molecule has 0 aliphatic rings. The highest BCUT2D eigenvalue weighted by Gasteiger charge is 2.22. The van der Waals surface area contributed by atoms with Crippen LogP contribution in [0.25, 0.3) is 0 Å². The summed E-state index contributed by atoms with van der Waals surface area (Å²) in [6, 6.07) is 0. The molecule has 0 aromatic rings. The molecule has 0 heterocycles. The molecule has 0 radical (unpaired) electrons. The van der Waals surface area contributed by atoms with Gasteiger partial charge in [0.15, 0.2) is 0 Å². The van der Waals surface area contributed by atoms with E-state index in [1.807, 2.05) is 55.4 Å². The molecule has 0 fully saturated rings. The standard InChI is InChI=1S/C16H32N2O3.C2H6/c1-12(2)14(20)17-10-8-16(6,7)21-11-9-15(4,5)18-13(3)19;1-2/h12H,8-11H2,1-7H3,(H,17,20)(H,18,19);1-2H3. The number of hydrogen-bond acceptors (Lipinski definition) is 3. The normalized spacial score (nSPS) is 11.6. The molecular formula is C18H38N2O3. The lowest BCUT2D eigenvalue weighted by Gasteiger charge is -2.30. The van der Waals surface area contributed by atoms with E-state index in [-0.39, 0.29) is 28.9 Å². The summed E-state index contributed by atoms with van der Waals surface area (Å²) in [4.78, 5) is 22.6. The van der Waals surface area contributed by atoms with Gasteiger partial charge >= 0.3 is 0 Å². The number of rotatable bonds is 9. The predicted molar refractivity (Wildman–Crippen MR) is 96.4 cm³/mol. The van der Waals surface area contributed by atoms with E-state index >= 15 is 0 Å². The fourth-order valence-electron chi connectivity index (χ4n) is 1.88. The molecule has 0 bridgehead atoms. The molecule has 0 aliphatic carbocycles. The first-order valence-corrected chi connectivity index (χ1v) is 8.66. The van der Waals surface area contributed by atoms with Gasteiger partial charge in [-0.25, -0.2) is 0 Å². The van der Waals surface area contributed by atoms with Gasteiger partial charge in [-0.05, 0) is 40.5 Å². The summed E-state index contributed by atoms with van der Waals surface area (Å²) in [5.41, 5.74) is -0.565. The summed E-state index contributed by atoms with van der Waals surface area (Å²) in [5, 5.41) is 5.80. The van der Waals surface area contributed by atoms with E-state index in [1.54, 1.807) is 0 Å². The highest BCUT2D eigenvalue weighted by Crippen LogP contribution is 2.17. The molecule has 0 rings (SSSR count). The van der Waals surface area contributed by atoms with Crippen molar-refractivity contribution in [3.05, 3.63) is 0 Å². The minimum atomic E-state index is -0.295. The van der Waals surface area contributed by atoms with Crippen LogP contribution in [0.4, 0.5) is 0 Å². The fourth-order valence-corrected chi connectivity index (χ4v) is 1.88. The van der Waals surface area contributed by atoms with E-state index in [1.165, 1.54) is 6.92 Å². The smallest absolute Gasteiger partial charge is 0.222 e. The van der Waals surface area contributed by atoms with Crippen LogP contribution in [0.3, 0.4) is 0 Å². The third-order valence-corrected chi connectivity index (χ3v) is 3.28. The van der Waals surface area contributed by atoms with Crippen molar-refractivity contribution in [3.8, 4) is 0 Å². The van der Waals surface area contributed by atoms with Gasteiger partial charge in [-0.15, -0.1) is 0 Å². The highest BCUT2D eigenvalue weighted by atomic mass is 16.5. The minimum Gasteiger partial charge on any atom is -0.375 e. The number of nitrogens with one attached hydrogen (secondary N) is 2. The van der Waals surface area contributed by atoms with Crippen molar-refractivity contribution in [2.45, 2.75) is 86.3 Å². The van der Waals surface area contributed by atoms with E-state index in [2.05, 4.69) is 10.6 Å². The molecule has 138 valence electrons. The van der Waals surface area contributed by atoms with Gasteiger partial charge in [-0.3, -0.25) is 9.59 Å². The van der Waals surface area contributed by atoms with E-state index in [0.29, 0.717) is 13.2 Å². The van der Waals surface area contributed by atoms with Gasteiger partial charge in [0.1, 0.15) is 0 Å². The first-order chi connectivity index (χ1) is 10.5. The Kier molecular flexibility index (Phi) is 12.0. The predicted octanol–water partition coefficient (Wildman–Crippen LogP) is 3.27. The maximum absolute atomic E-state index is 11.5. The topological polar surface area (TPSA) is 67.4 Å². The Morgan fingerprint density at radius 3 is 2.00 bits per heavy atom. The van der Waals surface area contributed by atoms with Crippen LogP contribution in [0.2, 0.25) is 0 Å². The summed E-state index contributed by atoms with van der Waals surface area (Å²) < 4.78 is 5.89.